The van der Waals surface area contributed by atoms with Gasteiger partial charge in [0.1, 0.15) is 0 Å². The van der Waals surface area contributed by atoms with E-state index in [0.717, 1.165) is 0 Å². The first-order valence-electron chi connectivity index (χ1n) is 5.45. The molecule has 0 aliphatic carbocycles. The van der Waals surface area contributed by atoms with Crippen LogP contribution in [0.15, 0.2) is 16.8 Å². The van der Waals surface area contributed by atoms with Crippen LogP contribution in [-0.2, 0) is 11.2 Å². The lowest BCUT2D eigenvalue weighted by Crippen LogP contribution is -2.35. The van der Waals surface area contributed by atoms with Crippen molar-refractivity contribution in [2.24, 2.45) is 5.92 Å². The molecule has 1 rings (SSSR count). The van der Waals surface area contributed by atoms with Crippen molar-refractivity contribution in [2.75, 3.05) is 6.61 Å². The normalized spacial score (nSPS) is 15.5. The number of hydrogen-bond acceptors (Lipinski definition) is 3. The molecule has 86 valence electrons. The van der Waals surface area contributed by atoms with Crippen LogP contribution < -0.4 is 0 Å². The third kappa shape index (κ3) is 3.93. The Balaban J connectivity index is 2.52. The van der Waals surface area contributed by atoms with Gasteiger partial charge in [-0.3, -0.25) is 0 Å². The average molecular weight is 228 g/mol. The summed E-state index contributed by atoms with van der Waals surface area (Å²) in [5.74, 6) is 0.346. The number of hydrogen-bond donors (Lipinski definition) is 1. The molecule has 0 aliphatic rings. The smallest absolute Gasteiger partial charge is 0.0859 e. The summed E-state index contributed by atoms with van der Waals surface area (Å²) < 4.78 is 5.57. The van der Waals surface area contributed by atoms with Crippen LogP contribution in [0.2, 0.25) is 0 Å². The van der Waals surface area contributed by atoms with E-state index in [1.807, 2.05) is 12.3 Å². The summed E-state index contributed by atoms with van der Waals surface area (Å²) in [5.41, 5.74) is 1.19. The minimum absolute atomic E-state index is 0.0603. The summed E-state index contributed by atoms with van der Waals surface area (Å²) in [6, 6.07) is 2.05. The van der Waals surface area contributed by atoms with E-state index in [1.165, 1.54) is 5.56 Å². The van der Waals surface area contributed by atoms with Gasteiger partial charge in [-0.05, 0) is 35.2 Å². The highest BCUT2D eigenvalue weighted by atomic mass is 32.1. The molecule has 15 heavy (non-hydrogen) atoms. The van der Waals surface area contributed by atoms with Crippen molar-refractivity contribution in [3.8, 4) is 0 Å². The standard InChI is InChI=1S/C12H20O2S/c1-4-14-12(9(2)3)11(13)7-10-5-6-15-8-10/h5-6,8-9,11-13H,4,7H2,1-3H3. The molecule has 3 heteroatoms. The monoisotopic (exact) mass is 228 g/mol. The highest BCUT2D eigenvalue weighted by Crippen LogP contribution is 2.16. The highest BCUT2D eigenvalue weighted by molar-refractivity contribution is 7.07. The maximum Gasteiger partial charge on any atom is 0.0859 e. The number of aliphatic hydroxyl groups excluding tert-OH is 1. The molecule has 0 saturated heterocycles. The van der Waals surface area contributed by atoms with Gasteiger partial charge in [-0.15, -0.1) is 0 Å². The molecule has 2 atom stereocenters. The highest BCUT2D eigenvalue weighted by Gasteiger charge is 2.23. The van der Waals surface area contributed by atoms with E-state index in [1.54, 1.807) is 11.3 Å². The van der Waals surface area contributed by atoms with Gasteiger partial charge >= 0.3 is 0 Å². The van der Waals surface area contributed by atoms with Gasteiger partial charge in [-0.2, -0.15) is 11.3 Å². The van der Waals surface area contributed by atoms with Crippen molar-refractivity contribution >= 4 is 11.3 Å². The summed E-state index contributed by atoms with van der Waals surface area (Å²) >= 11 is 1.66. The quantitative estimate of drug-likeness (QED) is 0.811. The van der Waals surface area contributed by atoms with Gasteiger partial charge in [-0.25, -0.2) is 0 Å². The van der Waals surface area contributed by atoms with Gasteiger partial charge in [0, 0.05) is 13.0 Å². The number of rotatable bonds is 6. The molecule has 1 aromatic heterocycles. The van der Waals surface area contributed by atoms with Gasteiger partial charge in [0.15, 0.2) is 0 Å². The van der Waals surface area contributed by atoms with Crippen molar-refractivity contribution < 1.29 is 9.84 Å². The topological polar surface area (TPSA) is 29.5 Å². The Morgan fingerprint density at radius 3 is 2.67 bits per heavy atom. The second-order valence-electron chi connectivity index (χ2n) is 4.07. The summed E-state index contributed by atoms with van der Waals surface area (Å²) in [7, 11) is 0. The zero-order chi connectivity index (χ0) is 11.3. The predicted octanol–water partition coefficient (Wildman–Crippen LogP) is 2.71. The first kappa shape index (κ1) is 12.7. The van der Waals surface area contributed by atoms with Crippen molar-refractivity contribution in [3.63, 3.8) is 0 Å². The van der Waals surface area contributed by atoms with E-state index in [-0.39, 0.29) is 6.10 Å². The first-order valence-corrected chi connectivity index (χ1v) is 6.40. The van der Waals surface area contributed by atoms with Gasteiger partial charge in [-0.1, -0.05) is 13.8 Å². The van der Waals surface area contributed by atoms with Crippen LogP contribution in [0.3, 0.4) is 0 Å². The van der Waals surface area contributed by atoms with Crippen molar-refractivity contribution in [2.45, 2.75) is 39.4 Å². The second-order valence-corrected chi connectivity index (χ2v) is 4.85. The van der Waals surface area contributed by atoms with Crippen LogP contribution >= 0.6 is 11.3 Å². The van der Waals surface area contributed by atoms with Crippen LogP contribution in [0.5, 0.6) is 0 Å². The fraction of sp³-hybridized carbons (Fsp3) is 0.667. The number of aliphatic hydroxyl groups is 1. The summed E-state index contributed by atoms with van der Waals surface area (Å²) in [6.45, 7) is 6.78. The van der Waals surface area contributed by atoms with E-state index in [0.29, 0.717) is 18.9 Å². The summed E-state index contributed by atoms with van der Waals surface area (Å²) in [6.07, 6.45) is 0.223. The summed E-state index contributed by atoms with van der Waals surface area (Å²) in [5, 5.41) is 14.2. The van der Waals surface area contributed by atoms with Gasteiger partial charge in [0.2, 0.25) is 0 Å². The fourth-order valence-electron chi connectivity index (χ4n) is 1.71. The van der Waals surface area contributed by atoms with Crippen LogP contribution in [0.1, 0.15) is 26.3 Å². The van der Waals surface area contributed by atoms with Crippen LogP contribution in [0.4, 0.5) is 0 Å². The number of thiophene rings is 1. The third-order valence-electron chi connectivity index (χ3n) is 2.42. The zero-order valence-corrected chi connectivity index (χ0v) is 10.5. The van der Waals surface area contributed by atoms with Gasteiger partial charge < -0.3 is 9.84 Å². The summed E-state index contributed by atoms with van der Waals surface area (Å²) in [4.78, 5) is 0. The third-order valence-corrected chi connectivity index (χ3v) is 3.15. The Labute approximate surface area is 95.9 Å². The molecule has 0 aliphatic heterocycles. The lowest BCUT2D eigenvalue weighted by Gasteiger charge is -2.26. The Morgan fingerprint density at radius 2 is 2.20 bits per heavy atom. The second kappa shape index (κ2) is 6.26. The molecular formula is C12H20O2S. The SMILES string of the molecule is CCOC(C(C)C)C(O)Cc1ccsc1. The van der Waals surface area contributed by atoms with Crippen LogP contribution in [0.25, 0.3) is 0 Å². The minimum atomic E-state index is -0.403. The molecule has 0 spiro atoms. The zero-order valence-electron chi connectivity index (χ0n) is 9.64. The molecule has 2 unspecified atom stereocenters. The minimum Gasteiger partial charge on any atom is -0.390 e. The Morgan fingerprint density at radius 1 is 1.47 bits per heavy atom. The largest absolute Gasteiger partial charge is 0.390 e. The molecular weight excluding hydrogens is 208 g/mol. The van der Waals surface area contributed by atoms with E-state index >= 15 is 0 Å². The first-order chi connectivity index (χ1) is 7.15. The van der Waals surface area contributed by atoms with Crippen LogP contribution in [-0.4, -0.2) is 23.9 Å². The van der Waals surface area contributed by atoms with Crippen LogP contribution in [0, 0.1) is 5.92 Å². The molecule has 2 nitrogen and oxygen atoms in total. The molecule has 0 bridgehead atoms. The maximum atomic E-state index is 10.1. The lowest BCUT2D eigenvalue weighted by atomic mass is 9.97. The predicted molar refractivity (Wildman–Crippen MR) is 64.3 cm³/mol. The molecule has 0 fully saturated rings. The molecule has 0 amide bonds. The molecule has 0 radical (unpaired) electrons. The molecule has 0 aromatic carbocycles. The molecule has 1 heterocycles. The van der Waals surface area contributed by atoms with Crippen molar-refractivity contribution in [1.82, 2.24) is 0 Å². The average Bonchev–Trinajstić information content (AvgIpc) is 2.65. The maximum absolute atomic E-state index is 10.1. The molecule has 1 aromatic rings. The fourth-order valence-corrected chi connectivity index (χ4v) is 2.39. The van der Waals surface area contributed by atoms with Gasteiger partial charge in [0.05, 0.1) is 12.2 Å². The molecule has 1 N–H and O–H groups in total. The Bertz CT molecular complexity index is 257. The Hall–Kier alpha value is -0.380. The van der Waals surface area contributed by atoms with Gasteiger partial charge in [0.25, 0.3) is 0 Å². The van der Waals surface area contributed by atoms with E-state index in [9.17, 15) is 5.11 Å². The molecule has 0 saturated carbocycles. The van der Waals surface area contributed by atoms with Crippen molar-refractivity contribution in [1.29, 1.82) is 0 Å². The van der Waals surface area contributed by atoms with E-state index < -0.39 is 6.10 Å². The Kier molecular flexibility index (Phi) is 5.29. The number of ether oxygens (including phenoxy) is 1. The van der Waals surface area contributed by atoms with E-state index in [2.05, 4.69) is 25.3 Å². The van der Waals surface area contributed by atoms with Crippen molar-refractivity contribution in [3.05, 3.63) is 22.4 Å². The lowest BCUT2D eigenvalue weighted by molar-refractivity contribution is -0.0561. The van der Waals surface area contributed by atoms with E-state index in [4.69, 9.17) is 4.74 Å².